The van der Waals surface area contributed by atoms with Crippen LogP contribution in [0.1, 0.15) is 63.9 Å². The van der Waals surface area contributed by atoms with Gasteiger partial charge in [0.05, 0.1) is 12.7 Å². The van der Waals surface area contributed by atoms with Crippen molar-refractivity contribution >= 4 is 15.9 Å². The monoisotopic (exact) mass is 480 g/mol. The third-order valence-electron chi connectivity index (χ3n) is 6.46. The molecule has 0 radical (unpaired) electrons. The lowest BCUT2D eigenvalue weighted by molar-refractivity contribution is 0.0127. The molecule has 0 saturated heterocycles. The number of alkyl halides is 3. The molecular weight excluding hydrogens is 452 g/mol. The van der Waals surface area contributed by atoms with E-state index in [4.69, 9.17) is 9.47 Å². The zero-order chi connectivity index (χ0) is 21.0. The Kier molecular flexibility index (Phi) is 7.87. The zero-order valence-corrected chi connectivity index (χ0v) is 18.3. The highest BCUT2D eigenvalue weighted by atomic mass is 79.9. The molecule has 29 heavy (non-hydrogen) atoms. The average molecular weight is 481 g/mol. The zero-order valence-electron chi connectivity index (χ0n) is 16.7. The van der Waals surface area contributed by atoms with Gasteiger partial charge in [-0.25, -0.2) is 8.78 Å². The van der Waals surface area contributed by atoms with Gasteiger partial charge >= 0.3 is 4.83 Å². The fourth-order valence-electron chi connectivity index (χ4n) is 4.91. The van der Waals surface area contributed by atoms with Gasteiger partial charge in [0, 0.05) is 18.7 Å². The molecule has 2 saturated carbocycles. The highest BCUT2D eigenvalue weighted by Crippen LogP contribution is 2.41. The van der Waals surface area contributed by atoms with Gasteiger partial charge in [-0.15, -0.1) is 0 Å². The minimum atomic E-state index is -3.75. The van der Waals surface area contributed by atoms with Gasteiger partial charge in [-0.2, -0.15) is 8.78 Å². The molecule has 1 aromatic carbocycles. The average Bonchev–Trinajstić information content (AvgIpc) is 2.66. The molecule has 7 heteroatoms. The standard InChI is InChI=1S/C22H29BrF4O2/c1-2-28-17-9-7-16(8-10-17)15-5-3-14(4-6-15)13-29-18-11-19(24)21(20(25)12-18)22(23,26)27/h11-12,14-17H,2-10,13H2,1H3. The maximum absolute atomic E-state index is 13.9. The van der Waals surface area contributed by atoms with Gasteiger partial charge in [-0.05, 0) is 92.0 Å². The van der Waals surface area contributed by atoms with Crippen LogP contribution in [0.5, 0.6) is 5.75 Å². The van der Waals surface area contributed by atoms with Crippen molar-refractivity contribution in [2.75, 3.05) is 13.2 Å². The van der Waals surface area contributed by atoms with E-state index < -0.39 is 22.0 Å². The Bertz CT molecular complexity index is 640. The Hall–Kier alpha value is -0.820. The second kappa shape index (κ2) is 9.99. The van der Waals surface area contributed by atoms with Crippen LogP contribution in [0.4, 0.5) is 17.6 Å². The summed E-state index contributed by atoms with van der Waals surface area (Å²) in [4.78, 5) is -3.75. The molecule has 0 amide bonds. The lowest BCUT2D eigenvalue weighted by atomic mass is 9.71. The molecule has 0 aliphatic heterocycles. The molecule has 2 aliphatic carbocycles. The van der Waals surface area contributed by atoms with Crippen molar-refractivity contribution in [3.63, 3.8) is 0 Å². The second-order valence-electron chi connectivity index (χ2n) is 8.34. The van der Waals surface area contributed by atoms with Crippen molar-refractivity contribution in [2.24, 2.45) is 17.8 Å². The summed E-state index contributed by atoms with van der Waals surface area (Å²) in [5.41, 5.74) is -1.29. The third-order valence-corrected chi connectivity index (χ3v) is 6.86. The molecule has 0 spiro atoms. The first kappa shape index (κ1) is 22.9. The highest BCUT2D eigenvalue weighted by molar-refractivity contribution is 9.09. The van der Waals surface area contributed by atoms with Crippen LogP contribution in [-0.2, 0) is 9.57 Å². The van der Waals surface area contributed by atoms with E-state index in [2.05, 4.69) is 0 Å². The largest absolute Gasteiger partial charge is 0.493 e. The van der Waals surface area contributed by atoms with E-state index in [1.54, 1.807) is 0 Å². The summed E-state index contributed by atoms with van der Waals surface area (Å²) in [5.74, 6) is -0.827. The van der Waals surface area contributed by atoms with Crippen molar-refractivity contribution in [3.05, 3.63) is 29.3 Å². The summed E-state index contributed by atoms with van der Waals surface area (Å²) in [6.07, 6.45) is 9.56. The lowest BCUT2D eigenvalue weighted by Gasteiger charge is -2.37. The first-order valence-corrected chi connectivity index (χ1v) is 11.4. The van der Waals surface area contributed by atoms with Crippen molar-refractivity contribution < 1.29 is 27.0 Å². The summed E-state index contributed by atoms with van der Waals surface area (Å²) in [6.45, 7) is 3.19. The van der Waals surface area contributed by atoms with Gasteiger partial charge in [0.1, 0.15) is 22.9 Å². The van der Waals surface area contributed by atoms with Crippen LogP contribution in [0.15, 0.2) is 12.1 Å². The van der Waals surface area contributed by atoms with Crippen molar-refractivity contribution in [2.45, 2.75) is 69.2 Å². The van der Waals surface area contributed by atoms with Crippen molar-refractivity contribution in [3.8, 4) is 5.75 Å². The molecule has 0 bridgehead atoms. The predicted molar refractivity (Wildman–Crippen MR) is 107 cm³/mol. The number of hydrogen-bond acceptors (Lipinski definition) is 2. The predicted octanol–water partition coefficient (Wildman–Crippen LogP) is 7.19. The SMILES string of the molecule is CCOC1CCC(C2CCC(COc3cc(F)c(C(F)(F)Br)c(F)c3)CC2)CC1. The Morgan fingerprint density at radius 3 is 1.93 bits per heavy atom. The fraction of sp³-hybridized carbons (Fsp3) is 0.727. The lowest BCUT2D eigenvalue weighted by Crippen LogP contribution is -2.29. The number of benzene rings is 1. The summed E-state index contributed by atoms with van der Waals surface area (Å²) in [6, 6.07) is 1.66. The van der Waals surface area contributed by atoms with E-state index in [-0.39, 0.29) is 5.75 Å². The molecule has 0 aromatic heterocycles. The van der Waals surface area contributed by atoms with E-state index in [0.29, 0.717) is 18.6 Å². The highest BCUT2D eigenvalue weighted by Gasteiger charge is 2.35. The molecule has 164 valence electrons. The molecular formula is C22H29BrF4O2. The first-order valence-electron chi connectivity index (χ1n) is 10.6. The molecule has 0 unspecified atom stereocenters. The number of halogens is 5. The molecule has 0 N–H and O–H groups in total. The van der Waals surface area contributed by atoms with Crippen LogP contribution >= 0.6 is 15.9 Å². The smallest absolute Gasteiger partial charge is 0.332 e. The summed E-state index contributed by atoms with van der Waals surface area (Å²) < 4.78 is 65.5. The first-order chi connectivity index (χ1) is 13.8. The summed E-state index contributed by atoms with van der Waals surface area (Å²) in [7, 11) is 0. The maximum atomic E-state index is 13.9. The van der Waals surface area contributed by atoms with Gasteiger partial charge in [-0.3, -0.25) is 0 Å². The minimum absolute atomic E-state index is 0.0446. The molecule has 1 aromatic rings. The molecule has 2 nitrogen and oxygen atoms in total. The Morgan fingerprint density at radius 2 is 1.45 bits per heavy atom. The van der Waals surface area contributed by atoms with Crippen LogP contribution in [0.25, 0.3) is 0 Å². The van der Waals surface area contributed by atoms with Crippen LogP contribution in [0.2, 0.25) is 0 Å². The summed E-state index contributed by atoms with van der Waals surface area (Å²) >= 11 is 2.00. The van der Waals surface area contributed by atoms with Crippen LogP contribution in [0.3, 0.4) is 0 Å². The van der Waals surface area contributed by atoms with Crippen LogP contribution in [-0.4, -0.2) is 19.3 Å². The summed E-state index contributed by atoms with van der Waals surface area (Å²) in [5, 5.41) is 0. The van der Waals surface area contributed by atoms with E-state index in [0.717, 1.165) is 69.1 Å². The van der Waals surface area contributed by atoms with Crippen molar-refractivity contribution in [1.29, 1.82) is 0 Å². The van der Waals surface area contributed by atoms with Gasteiger partial charge < -0.3 is 9.47 Å². The molecule has 0 heterocycles. The van der Waals surface area contributed by atoms with E-state index >= 15 is 0 Å². The Balaban J connectivity index is 1.45. The Morgan fingerprint density at radius 1 is 0.931 bits per heavy atom. The normalized spacial score (nSPS) is 28.3. The molecule has 3 rings (SSSR count). The molecule has 0 atom stereocenters. The number of hydrogen-bond donors (Lipinski definition) is 0. The molecule has 2 fully saturated rings. The quantitative estimate of drug-likeness (QED) is 0.303. The van der Waals surface area contributed by atoms with Crippen molar-refractivity contribution in [1.82, 2.24) is 0 Å². The third kappa shape index (κ3) is 6.09. The van der Waals surface area contributed by atoms with Crippen LogP contribution in [0, 0.1) is 29.4 Å². The topological polar surface area (TPSA) is 18.5 Å². The fourth-order valence-corrected chi connectivity index (χ4v) is 5.29. The van der Waals surface area contributed by atoms with Gasteiger partial charge in [0.2, 0.25) is 0 Å². The molecule has 2 aliphatic rings. The van der Waals surface area contributed by atoms with Gasteiger partial charge in [-0.1, -0.05) is 0 Å². The maximum Gasteiger partial charge on any atom is 0.332 e. The van der Waals surface area contributed by atoms with E-state index in [9.17, 15) is 17.6 Å². The van der Waals surface area contributed by atoms with Gasteiger partial charge in [0.15, 0.2) is 0 Å². The number of rotatable bonds is 7. The minimum Gasteiger partial charge on any atom is -0.493 e. The second-order valence-corrected chi connectivity index (χ2v) is 9.34. The Labute approximate surface area is 178 Å². The van der Waals surface area contributed by atoms with Crippen LogP contribution < -0.4 is 4.74 Å². The number of ether oxygens (including phenoxy) is 2. The van der Waals surface area contributed by atoms with E-state index in [1.807, 2.05) is 22.9 Å². The van der Waals surface area contributed by atoms with E-state index in [1.165, 1.54) is 12.8 Å². The van der Waals surface area contributed by atoms with Gasteiger partial charge in [0.25, 0.3) is 0 Å².